The summed E-state index contributed by atoms with van der Waals surface area (Å²) >= 11 is 2.32. The van der Waals surface area contributed by atoms with Crippen LogP contribution in [0.25, 0.3) is 0 Å². The fourth-order valence-corrected chi connectivity index (χ4v) is 1.33. The zero-order valence-electron chi connectivity index (χ0n) is 6.61. The van der Waals surface area contributed by atoms with Gasteiger partial charge in [0.1, 0.15) is 0 Å². The number of hydrogen-bond donors (Lipinski definition) is 1. The Bertz CT molecular complexity index is 134. The fourth-order valence-electron chi connectivity index (χ4n) is 0.951. The van der Waals surface area contributed by atoms with Gasteiger partial charge >= 0.3 is 0 Å². The van der Waals surface area contributed by atoms with Crippen LogP contribution in [0.15, 0.2) is 0 Å². The van der Waals surface area contributed by atoms with Crippen molar-refractivity contribution in [2.45, 2.75) is 25.7 Å². The summed E-state index contributed by atoms with van der Waals surface area (Å²) in [5, 5.41) is 2.91. The molecule has 0 spiro atoms. The molecule has 1 saturated carbocycles. The number of halogens is 1. The molecule has 0 aliphatic heterocycles. The standard InChI is InChI=1S/C8H14INO/c9-4-1-5-10-8(11)6-7-2-3-7/h7H,1-6H2,(H,10,11). The molecule has 0 bridgehead atoms. The van der Waals surface area contributed by atoms with E-state index in [0.29, 0.717) is 0 Å². The molecule has 1 aliphatic rings. The van der Waals surface area contributed by atoms with Gasteiger partial charge in [-0.1, -0.05) is 22.6 Å². The van der Waals surface area contributed by atoms with Crippen LogP contribution in [-0.4, -0.2) is 16.9 Å². The summed E-state index contributed by atoms with van der Waals surface area (Å²) in [6.45, 7) is 0.856. The van der Waals surface area contributed by atoms with E-state index in [2.05, 4.69) is 27.9 Å². The largest absolute Gasteiger partial charge is 0.356 e. The van der Waals surface area contributed by atoms with E-state index < -0.39 is 0 Å². The number of carbonyl (C=O) groups is 1. The predicted molar refractivity (Wildman–Crippen MR) is 53.9 cm³/mol. The van der Waals surface area contributed by atoms with E-state index in [9.17, 15) is 4.79 Å². The number of alkyl halides is 1. The zero-order valence-corrected chi connectivity index (χ0v) is 8.76. The lowest BCUT2D eigenvalue weighted by molar-refractivity contribution is -0.121. The van der Waals surface area contributed by atoms with Gasteiger partial charge in [0.15, 0.2) is 0 Å². The number of rotatable bonds is 5. The van der Waals surface area contributed by atoms with Crippen LogP contribution >= 0.6 is 22.6 Å². The SMILES string of the molecule is O=C(CC1CC1)NCCCI. The van der Waals surface area contributed by atoms with E-state index in [4.69, 9.17) is 0 Å². The minimum absolute atomic E-state index is 0.248. The maximum atomic E-state index is 11.1. The van der Waals surface area contributed by atoms with Gasteiger partial charge in [-0.05, 0) is 25.2 Å². The molecule has 1 aliphatic carbocycles. The van der Waals surface area contributed by atoms with Crippen LogP contribution in [0.1, 0.15) is 25.7 Å². The van der Waals surface area contributed by atoms with Crippen LogP contribution in [-0.2, 0) is 4.79 Å². The molecular formula is C8H14INO. The fraction of sp³-hybridized carbons (Fsp3) is 0.875. The molecule has 1 fully saturated rings. The van der Waals surface area contributed by atoms with Gasteiger partial charge in [0.05, 0.1) is 0 Å². The van der Waals surface area contributed by atoms with Gasteiger partial charge < -0.3 is 5.32 Å². The summed E-state index contributed by atoms with van der Waals surface area (Å²) in [6.07, 6.45) is 4.39. The number of amides is 1. The average molecular weight is 267 g/mol. The number of carbonyl (C=O) groups excluding carboxylic acids is 1. The Hall–Kier alpha value is 0.200. The molecule has 1 amide bonds. The van der Waals surface area contributed by atoms with Crippen molar-refractivity contribution in [2.75, 3.05) is 11.0 Å². The molecule has 0 aromatic rings. The first kappa shape index (κ1) is 9.29. The zero-order chi connectivity index (χ0) is 8.10. The quantitative estimate of drug-likeness (QED) is 0.459. The van der Waals surface area contributed by atoms with Crippen molar-refractivity contribution in [3.8, 4) is 0 Å². The second kappa shape index (κ2) is 4.95. The third kappa shape index (κ3) is 4.61. The monoisotopic (exact) mass is 267 g/mol. The Morgan fingerprint density at radius 2 is 2.27 bits per heavy atom. The topological polar surface area (TPSA) is 29.1 Å². The van der Waals surface area contributed by atoms with E-state index in [1.807, 2.05) is 0 Å². The molecule has 0 saturated heterocycles. The molecule has 0 heterocycles. The highest BCUT2D eigenvalue weighted by Crippen LogP contribution is 2.31. The van der Waals surface area contributed by atoms with Crippen LogP contribution in [0.5, 0.6) is 0 Å². The van der Waals surface area contributed by atoms with E-state index in [1.54, 1.807) is 0 Å². The Balaban J connectivity index is 1.92. The third-order valence-electron chi connectivity index (χ3n) is 1.80. The summed E-state index contributed by atoms with van der Waals surface area (Å²) < 4.78 is 1.13. The van der Waals surface area contributed by atoms with Crippen molar-refractivity contribution >= 4 is 28.5 Å². The number of nitrogens with one attached hydrogen (secondary N) is 1. The Labute approximate surface area is 81.3 Å². The van der Waals surface area contributed by atoms with Gasteiger partial charge in [0.25, 0.3) is 0 Å². The van der Waals surface area contributed by atoms with Crippen LogP contribution in [0.2, 0.25) is 0 Å². The van der Waals surface area contributed by atoms with Gasteiger partial charge in [-0.2, -0.15) is 0 Å². The van der Waals surface area contributed by atoms with Crippen LogP contribution in [0, 0.1) is 5.92 Å². The molecule has 2 nitrogen and oxygen atoms in total. The Kier molecular flexibility index (Phi) is 4.18. The van der Waals surface area contributed by atoms with Gasteiger partial charge in [0, 0.05) is 17.4 Å². The van der Waals surface area contributed by atoms with E-state index in [1.165, 1.54) is 12.8 Å². The molecule has 0 unspecified atom stereocenters. The maximum Gasteiger partial charge on any atom is 0.220 e. The van der Waals surface area contributed by atoms with Crippen molar-refractivity contribution in [1.29, 1.82) is 0 Å². The maximum absolute atomic E-state index is 11.1. The van der Waals surface area contributed by atoms with Crippen molar-refractivity contribution in [2.24, 2.45) is 5.92 Å². The summed E-state index contributed by atoms with van der Waals surface area (Å²) in [5.41, 5.74) is 0. The number of hydrogen-bond acceptors (Lipinski definition) is 1. The van der Waals surface area contributed by atoms with Crippen molar-refractivity contribution < 1.29 is 4.79 Å². The smallest absolute Gasteiger partial charge is 0.220 e. The molecule has 3 heteroatoms. The van der Waals surface area contributed by atoms with E-state index >= 15 is 0 Å². The van der Waals surface area contributed by atoms with Gasteiger partial charge in [0.2, 0.25) is 5.91 Å². The minimum atomic E-state index is 0.248. The first-order valence-corrected chi connectivity index (χ1v) is 5.68. The molecule has 11 heavy (non-hydrogen) atoms. The van der Waals surface area contributed by atoms with Crippen LogP contribution in [0.3, 0.4) is 0 Å². The first-order chi connectivity index (χ1) is 5.33. The van der Waals surface area contributed by atoms with Gasteiger partial charge in [-0.15, -0.1) is 0 Å². The molecule has 0 aromatic carbocycles. The average Bonchev–Trinajstić information content (AvgIpc) is 2.72. The van der Waals surface area contributed by atoms with Crippen LogP contribution < -0.4 is 5.32 Å². The lowest BCUT2D eigenvalue weighted by Gasteiger charge is -2.01. The first-order valence-electron chi connectivity index (χ1n) is 4.15. The van der Waals surface area contributed by atoms with Gasteiger partial charge in [-0.25, -0.2) is 0 Å². The normalized spacial score (nSPS) is 16.5. The van der Waals surface area contributed by atoms with E-state index in [0.717, 1.165) is 29.7 Å². The highest BCUT2D eigenvalue weighted by atomic mass is 127. The summed E-state index contributed by atoms with van der Waals surface area (Å²) in [7, 11) is 0. The molecular weight excluding hydrogens is 253 g/mol. The molecule has 64 valence electrons. The van der Waals surface area contributed by atoms with Crippen molar-refractivity contribution in [3.63, 3.8) is 0 Å². The molecule has 0 aromatic heterocycles. The molecule has 1 rings (SSSR count). The lowest BCUT2D eigenvalue weighted by atomic mass is 10.3. The van der Waals surface area contributed by atoms with Crippen LogP contribution in [0.4, 0.5) is 0 Å². The second-order valence-corrected chi connectivity index (χ2v) is 4.12. The molecule has 0 radical (unpaired) electrons. The lowest BCUT2D eigenvalue weighted by Crippen LogP contribution is -2.24. The molecule has 0 atom stereocenters. The van der Waals surface area contributed by atoms with Gasteiger partial charge in [-0.3, -0.25) is 4.79 Å². The predicted octanol–water partition coefficient (Wildman–Crippen LogP) is 1.73. The Morgan fingerprint density at radius 3 is 2.82 bits per heavy atom. The molecule has 1 N–H and O–H groups in total. The van der Waals surface area contributed by atoms with Crippen molar-refractivity contribution in [1.82, 2.24) is 5.32 Å². The highest BCUT2D eigenvalue weighted by molar-refractivity contribution is 14.1. The Morgan fingerprint density at radius 1 is 1.55 bits per heavy atom. The third-order valence-corrected chi connectivity index (χ3v) is 2.57. The summed E-state index contributed by atoms with van der Waals surface area (Å²) in [6, 6.07) is 0. The van der Waals surface area contributed by atoms with Crippen molar-refractivity contribution in [3.05, 3.63) is 0 Å². The summed E-state index contributed by atoms with van der Waals surface area (Å²) in [4.78, 5) is 11.1. The highest BCUT2D eigenvalue weighted by Gasteiger charge is 2.23. The van der Waals surface area contributed by atoms with E-state index in [-0.39, 0.29) is 5.91 Å². The minimum Gasteiger partial charge on any atom is -0.356 e. The second-order valence-electron chi connectivity index (χ2n) is 3.04. The summed E-state index contributed by atoms with van der Waals surface area (Å²) in [5.74, 6) is 0.965.